The topological polar surface area (TPSA) is 24.8 Å². The number of aliphatic imine (C=N–C) groups is 1. The molecule has 1 aromatic rings. The number of hydrogen-bond acceptors (Lipinski definition) is 2. The molecular formula is C13H19ClN2O. The fourth-order valence-electron chi connectivity index (χ4n) is 2.33. The Morgan fingerprint density at radius 3 is 2.82 bits per heavy atom. The summed E-state index contributed by atoms with van der Waals surface area (Å²) >= 11 is 0. The van der Waals surface area contributed by atoms with Crippen molar-refractivity contribution in [3.63, 3.8) is 0 Å². The van der Waals surface area contributed by atoms with Crippen LogP contribution in [0, 0.1) is 0 Å². The molecule has 1 aliphatic heterocycles. The van der Waals surface area contributed by atoms with Crippen molar-refractivity contribution in [3.8, 4) is 5.75 Å². The van der Waals surface area contributed by atoms with Gasteiger partial charge in [0.15, 0.2) is 0 Å². The summed E-state index contributed by atoms with van der Waals surface area (Å²) in [6.07, 6.45) is 1.14. The molecular weight excluding hydrogens is 236 g/mol. The summed E-state index contributed by atoms with van der Waals surface area (Å²) in [6.45, 7) is 1.08. The summed E-state index contributed by atoms with van der Waals surface area (Å²) in [5, 5.41) is 0. The molecule has 0 amide bonds. The van der Waals surface area contributed by atoms with Crippen LogP contribution in [0.15, 0.2) is 29.3 Å². The van der Waals surface area contributed by atoms with Gasteiger partial charge < -0.3 is 9.64 Å². The highest BCUT2D eigenvalue weighted by atomic mass is 35.5. The quantitative estimate of drug-likeness (QED) is 0.810. The second kappa shape index (κ2) is 5.92. The number of hydrogen-bond donors (Lipinski definition) is 0. The van der Waals surface area contributed by atoms with Crippen molar-refractivity contribution in [2.75, 3.05) is 27.7 Å². The maximum absolute atomic E-state index is 5.26. The molecule has 94 valence electrons. The third-order valence-corrected chi connectivity index (χ3v) is 3.18. The van der Waals surface area contributed by atoms with E-state index in [9.17, 15) is 0 Å². The second-order valence-electron chi connectivity index (χ2n) is 4.12. The molecule has 0 radical (unpaired) electrons. The van der Waals surface area contributed by atoms with Crippen LogP contribution in [-0.2, 0) is 0 Å². The number of amidine groups is 1. The predicted octanol–water partition coefficient (Wildman–Crippen LogP) is 2.56. The van der Waals surface area contributed by atoms with Gasteiger partial charge in [0.25, 0.3) is 0 Å². The number of ether oxygens (including phenoxy) is 1. The van der Waals surface area contributed by atoms with Crippen LogP contribution < -0.4 is 4.74 Å². The second-order valence-corrected chi connectivity index (χ2v) is 4.12. The van der Waals surface area contributed by atoms with Crippen molar-refractivity contribution in [1.29, 1.82) is 0 Å². The van der Waals surface area contributed by atoms with Crippen LogP contribution in [0.4, 0.5) is 0 Å². The zero-order valence-electron chi connectivity index (χ0n) is 10.5. The Labute approximate surface area is 109 Å². The lowest BCUT2D eigenvalue weighted by molar-refractivity contribution is 0.414. The number of halogens is 1. The summed E-state index contributed by atoms with van der Waals surface area (Å²) in [4.78, 5) is 6.61. The molecule has 4 heteroatoms. The van der Waals surface area contributed by atoms with Crippen molar-refractivity contribution in [2.24, 2.45) is 4.99 Å². The third kappa shape index (κ3) is 2.72. The molecule has 1 aromatic carbocycles. The van der Waals surface area contributed by atoms with Gasteiger partial charge in [-0.1, -0.05) is 12.1 Å². The van der Waals surface area contributed by atoms with Gasteiger partial charge in [-0.25, -0.2) is 0 Å². The highest BCUT2D eigenvalue weighted by molar-refractivity contribution is 5.90. The van der Waals surface area contributed by atoms with Gasteiger partial charge in [0, 0.05) is 26.6 Å². The van der Waals surface area contributed by atoms with E-state index in [-0.39, 0.29) is 12.4 Å². The molecule has 0 aliphatic carbocycles. The van der Waals surface area contributed by atoms with Crippen molar-refractivity contribution in [2.45, 2.75) is 12.3 Å². The van der Waals surface area contributed by atoms with Gasteiger partial charge in [-0.2, -0.15) is 0 Å². The Morgan fingerprint density at radius 2 is 2.18 bits per heavy atom. The summed E-state index contributed by atoms with van der Waals surface area (Å²) in [5.74, 6) is 2.51. The molecule has 1 saturated heterocycles. The SMILES string of the molecule is CN=C1C(c2cccc(OC)c2)CCN1C.Cl. The van der Waals surface area contributed by atoms with Crippen LogP contribution in [0.2, 0.25) is 0 Å². The van der Waals surface area contributed by atoms with E-state index in [1.165, 1.54) is 11.4 Å². The Kier molecular flexibility index (Phi) is 4.82. The standard InChI is InChI=1S/C13H18N2O.ClH/c1-14-13-12(7-8-15(13)2)10-5-4-6-11(9-10)16-3;/h4-6,9,12H,7-8H2,1-3H3;1H. The fourth-order valence-corrected chi connectivity index (χ4v) is 2.33. The fraction of sp³-hybridized carbons (Fsp3) is 0.462. The number of nitrogens with zero attached hydrogens (tertiary/aromatic N) is 2. The van der Waals surface area contributed by atoms with Crippen molar-refractivity contribution < 1.29 is 4.74 Å². The molecule has 0 bridgehead atoms. The van der Waals surface area contributed by atoms with E-state index < -0.39 is 0 Å². The normalized spacial score (nSPS) is 21.5. The monoisotopic (exact) mass is 254 g/mol. The van der Waals surface area contributed by atoms with Crippen molar-refractivity contribution in [3.05, 3.63) is 29.8 Å². The van der Waals surface area contributed by atoms with E-state index in [0.717, 1.165) is 18.7 Å². The Balaban J connectivity index is 0.00000144. The highest BCUT2D eigenvalue weighted by Crippen LogP contribution is 2.30. The van der Waals surface area contributed by atoms with E-state index in [2.05, 4.69) is 29.1 Å². The molecule has 2 rings (SSSR count). The predicted molar refractivity (Wildman–Crippen MR) is 73.6 cm³/mol. The highest BCUT2D eigenvalue weighted by Gasteiger charge is 2.27. The minimum Gasteiger partial charge on any atom is -0.497 e. The maximum Gasteiger partial charge on any atom is 0.119 e. The number of likely N-dealkylation sites (tertiary alicyclic amines) is 1. The van der Waals surface area contributed by atoms with Gasteiger partial charge >= 0.3 is 0 Å². The zero-order valence-corrected chi connectivity index (χ0v) is 11.3. The summed E-state index contributed by atoms with van der Waals surface area (Å²) in [7, 11) is 5.67. The number of methoxy groups -OCH3 is 1. The van der Waals surface area contributed by atoms with Crippen LogP contribution in [0.3, 0.4) is 0 Å². The van der Waals surface area contributed by atoms with Gasteiger partial charge in [0.1, 0.15) is 11.6 Å². The lowest BCUT2D eigenvalue weighted by Gasteiger charge is -2.16. The summed E-state index contributed by atoms with van der Waals surface area (Å²) in [6, 6.07) is 8.28. The minimum atomic E-state index is 0. The largest absolute Gasteiger partial charge is 0.497 e. The first kappa shape index (κ1) is 13.8. The molecule has 0 N–H and O–H groups in total. The van der Waals surface area contributed by atoms with Gasteiger partial charge in [-0.05, 0) is 24.1 Å². The van der Waals surface area contributed by atoms with Crippen molar-refractivity contribution in [1.82, 2.24) is 4.90 Å². The lowest BCUT2D eigenvalue weighted by atomic mass is 9.97. The zero-order chi connectivity index (χ0) is 11.5. The first-order valence-corrected chi connectivity index (χ1v) is 5.58. The molecule has 1 heterocycles. The van der Waals surface area contributed by atoms with Crippen LogP contribution in [0.25, 0.3) is 0 Å². The van der Waals surface area contributed by atoms with Crippen molar-refractivity contribution >= 4 is 18.2 Å². The summed E-state index contributed by atoms with van der Waals surface area (Å²) < 4.78 is 5.26. The molecule has 1 unspecified atom stereocenters. The molecule has 1 aliphatic rings. The van der Waals surface area contributed by atoms with Crippen LogP contribution >= 0.6 is 12.4 Å². The molecule has 0 saturated carbocycles. The number of likely N-dealkylation sites (N-methyl/N-ethyl adjacent to an activating group) is 1. The van der Waals surface area contributed by atoms with E-state index in [1.54, 1.807) is 7.11 Å². The average molecular weight is 255 g/mol. The van der Waals surface area contributed by atoms with E-state index in [1.807, 2.05) is 19.2 Å². The number of rotatable bonds is 2. The first-order chi connectivity index (χ1) is 7.76. The lowest BCUT2D eigenvalue weighted by Crippen LogP contribution is -2.22. The van der Waals surface area contributed by atoms with E-state index in [0.29, 0.717) is 5.92 Å². The Hall–Kier alpha value is -1.22. The van der Waals surface area contributed by atoms with E-state index >= 15 is 0 Å². The summed E-state index contributed by atoms with van der Waals surface area (Å²) in [5.41, 5.74) is 1.30. The van der Waals surface area contributed by atoms with E-state index in [4.69, 9.17) is 4.74 Å². The molecule has 1 fully saturated rings. The minimum absolute atomic E-state index is 0. The molecule has 17 heavy (non-hydrogen) atoms. The molecule has 0 aromatic heterocycles. The molecule has 0 spiro atoms. The third-order valence-electron chi connectivity index (χ3n) is 3.18. The number of benzene rings is 1. The van der Waals surface area contributed by atoms with Gasteiger partial charge in [-0.15, -0.1) is 12.4 Å². The maximum atomic E-state index is 5.26. The van der Waals surface area contributed by atoms with Gasteiger partial charge in [-0.3, -0.25) is 4.99 Å². The Morgan fingerprint density at radius 1 is 1.41 bits per heavy atom. The Bertz CT molecular complexity index is 406. The van der Waals surface area contributed by atoms with Crippen LogP contribution in [-0.4, -0.2) is 38.5 Å². The van der Waals surface area contributed by atoms with Crippen LogP contribution in [0.5, 0.6) is 5.75 Å². The first-order valence-electron chi connectivity index (χ1n) is 5.58. The average Bonchev–Trinajstić information content (AvgIpc) is 2.70. The smallest absolute Gasteiger partial charge is 0.119 e. The van der Waals surface area contributed by atoms with Gasteiger partial charge in [0.05, 0.1) is 7.11 Å². The molecule has 1 atom stereocenters. The molecule has 3 nitrogen and oxygen atoms in total. The van der Waals surface area contributed by atoms with Gasteiger partial charge in [0.2, 0.25) is 0 Å². The van der Waals surface area contributed by atoms with Crippen LogP contribution in [0.1, 0.15) is 17.9 Å².